The molecule has 4 rings (SSSR count). The van der Waals surface area contributed by atoms with E-state index in [9.17, 15) is 9.59 Å². The lowest BCUT2D eigenvalue weighted by Crippen LogP contribution is -2.45. The Balaban J connectivity index is 1.40. The van der Waals surface area contributed by atoms with Gasteiger partial charge in [-0.1, -0.05) is 24.2 Å². The van der Waals surface area contributed by atoms with E-state index in [0.717, 1.165) is 28.8 Å². The second-order valence-electron chi connectivity index (χ2n) is 7.60. The smallest absolute Gasteiger partial charge is 0.256 e. The molecule has 31 heavy (non-hydrogen) atoms. The van der Waals surface area contributed by atoms with Crippen molar-refractivity contribution in [1.29, 1.82) is 0 Å². The van der Waals surface area contributed by atoms with Crippen molar-refractivity contribution in [2.45, 2.75) is 45.3 Å². The summed E-state index contributed by atoms with van der Waals surface area (Å²) in [4.78, 5) is 32.4. The number of allylic oxidation sites excluding steroid dienone is 1. The molecule has 0 spiro atoms. The number of thiophene rings is 1. The average molecular weight is 476 g/mol. The summed E-state index contributed by atoms with van der Waals surface area (Å²) in [6.07, 6.45) is 2.20. The van der Waals surface area contributed by atoms with E-state index in [1.165, 1.54) is 11.3 Å². The van der Waals surface area contributed by atoms with E-state index in [0.29, 0.717) is 46.9 Å². The summed E-state index contributed by atoms with van der Waals surface area (Å²) in [6, 6.07) is 3.21. The SMILES string of the molecule is C=C1CCC[C@H](N2Cc3c(csc3CNC(=S)Nc3ccc(C)c(Cl)n3)C2=O)C(=O)N1. The number of anilines is 1. The summed E-state index contributed by atoms with van der Waals surface area (Å²) in [6.45, 7) is 6.64. The summed E-state index contributed by atoms with van der Waals surface area (Å²) in [5.41, 5.74) is 3.23. The Morgan fingerprint density at radius 1 is 1.45 bits per heavy atom. The van der Waals surface area contributed by atoms with Crippen LogP contribution in [0.4, 0.5) is 5.82 Å². The fourth-order valence-electron chi connectivity index (χ4n) is 3.72. The van der Waals surface area contributed by atoms with Gasteiger partial charge < -0.3 is 20.9 Å². The number of hydrogen-bond acceptors (Lipinski definition) is 5. The number of nitrogens with zero attached hydrogens (tertiary/aromatic N) is 2. The van der Waals surface area contributed by atoms with E-state index >= 15 is 0 Å². The standard InChI is InChI=1S/C21H22ClN5O2S2/c1-11-6-7-17(25-18(11)22)26-21(30)23-8-16-13-9-27(20(29)14(13)10-31-16)15-5-3-4-12(2)24-19(15)28/h6-7,10,15H,2-5,8-9H2,1H3,(H,24,28)(H2,23,25,26,30)/t15-/m0/s1. The number of amides is 2. The molecule has 0 unspecified atom stereocenters. The van der Waals surface area contributed by atoms with Gasteiger partial charge in [0.25, 0.3) is 5.91 Å². The lowest BCUT2D eigenvalue weighted by Gasteiger charge is -2.25. The van der Waals surface area contributed by atoms with Crippen LogP contribution in [0.1, 0.15) is 45.6 Å². The van der Waals surface area contributed by atoms with Gasteiger partial charge in [0.2, 0.25) is 5.91 Å². The van der Waals surface area contributed by atoms with Gasteiger partial charge in [0.15, 0.2) is 5.11 Å². The summed E-state index contributed by atoms with van der Waals surface area (Å²) in [7, 11) is 0. The minimum absolute atomic E-state index is 0.0932. The first kappa shape index (κ1) is 21.7. The van der Waals surface area contributed by atoms with E-state index in [2.05, 4.69) is 27.5 Å². The number of pyridine rings is 1. The minimum atomic E-state index is -0.468. The molecule has 0 bridgehead atoms. The van der Waals surface area contributed by atoms with Gasteiger partial charge in [-0.2, -0.15) is 0 Å². The molecule has 1 atom stereocenters. The second-order valence-corrected chi connectivity index (χ2v) is 9.33. The van der Waals surface area contributed by atoms with Crippen molar-refractivity contribution in [2.24, 2.45) is 0 Å². The Morgan fingerprint density at radius 3 is 3.03 bits per heavy atom. The lowest BCUT2D eigenvalue weighted by molar-refractivity contribution is -0.124. The number of carbonyl (C=O) groups excluding carboxylic acids is 2. The molecule has 0 radical (unpaired) electrons. The number of thiocarbonyl (C=S) groups is 1. The molecule has 10 heteroatoms. The van der Waals surface area contributed by atoms with E-state index in [1.807, 2.05) is 18.4 Å². The van der Waals surface area contributed by atoms with Crippen LogP contribution in [0.5, 0.6) is 0 Å². The maximum Gasteiger partial charge on any atom is 0.256 e. The summed E-state index contributed by atoms with van der Waals surface area (Å²) in [5, 5.41) is 11.7. The molecule has 7 nitrogen and oxygen atoms in total. The van der Waals surface area contributed by atoms with E-state index in [1.54, 1.807) is 11.0 Å². The van der Waals surface area contributed by atoms with E-state index in [4.69, 9.17) is 23.8 Å². The van der Waals surface area contributed by atoms with Crippen molar-refractivity contribution in [3.8, 4) is 0 Å². The highest BCUT2D eigenvalue weighted by molar-refractivity contribution is 7.80. The zero-order chi connectivity index (χ0) is 22.1. The minimum Gasteiger partial charge on any atom is -0.358 e. The number of aromatic nitrogens is 1. The summed E-state index contributed by atoms with van der Waals surface area (Å²) >= 11 is 12.9. The van der Waals surface area contributed by atoms with Crippen molar-refractivity contribution in [1.82, 2.24) is 20.5 Å². The number of aryl methyl sites for hydroxylation is 1. The zero-order valence-electron chi connectivity index (χ0n) is 17.0. The van der Waals surface area contributed by atoms with Crippen LogP contribution >= 0.6 is 35.2 Å². The maximum atomic E-state index is 12.9. The molecule has 0 aromatic carbocycles. The largest absolute Gasteiger partial charge is 0.358 e. The van der Waals surface area contributed by atoms with Crippen molar-refractivity contribution in [3.05, 3.63) is 56.5 Å². The Hall–Kier alpha value is -2.49. The van der Waals surface area contributed by atoms with Crippen LogP contribution in [0.3, 0.4) is 0 Å². The van der Waals surface area contributed by atoms with Crippen LogP contribution in [0.15, 0.2) is 29.8 Å². The molecule has 0 saturated carbocycles. The molecular weight excluding hydrogens is 454 g/mol. The third-order valence-corrected chi connectivity index (χ3v) is 7.08. The van der Waals surface area contributed by atoms with Gasteiger partial charge >= 0.3 is 0 Å². The Morgan fingerprint density at radius 2 is 2.26 bits per heavy atom. The van der Waals surface area contributed by atoms with Crippen LogP contribution in [-0.2, 0) is 17.9 Å². The van der Waals surface area contributed by atoms with Gasteiger partial charge in [0.05, 0.1) is 12.1 Å². The zero-order valence-corrected chi connectivity index (χ0v) is 19.3. The number of rotatable bonds is 4. The molecule has 1 fully saturated rings. The van der Waals surface area contributed by atoms with Gasteiger partial charge in [-0.25, -0.2) is 4.98 Å². The quantitative estimate of drug-likeness (QED) is 0.461. The highest BCUT2D eigenvalue weighted by Gasteiger charge is 2.38. The molecular formula is C21H22ClN5O2S2. The monoisotopic (exact) mass is 475 g/mol. The Labute approximate surface area is 194 Å². The van der Waals surface area contributed by atoms with E-state index in [-0.39, 0.29) is 11.8 Å². The predicted molar refractivity (Wildman–Crippen MR) is 126 cm³/mol. The first-order valence-electron chi connectivity index (χ1n) is 9.90. The Bertz CT molecular complexity index is 1080. The number of fused-ring (bicyclic) bond motifs is 1. The van der Waals surface area contributed by atoms with Crippen LogP contribution in [0.25, 0.3) is 0 Å². The Kier molecular flexibility index (Phi) is 6.27. The second kappa shape index (κ2) is 8.94. The van der Waals surface area contributed by atoms with Crippen molar-refractivity contribution in [3.63, 3.8) is 0 Å². The fraction of sp³-hybridized carbons (Fsp3) is 0.333. The van der Waals surface area contributed by atoms with Crippen LogP contribution in [-0.4, -0.2) is 32.9 Å². The molecule has 2 aliphatic rings. The summed E-state index contributed by atoms with van der Waals surface area (Å²) in [5.74, 6) is 0.315. The van der Waals surface area contributed by atoms with Crippen molar-refractivity contribution in [2.75, 3.05) is 5.32 Å². The number of hydrogen-bond donors (Lipinski definition) is 3. The first-order chi connectivity index (χ1) is 14.8. The molecule has 1 saturated heterocycles. The number of nitrogens with one attached hydrogen (secondary N) is 3. The molecule has 4 heterocycles. The number of carbonyl (C=O) groups is 2. The van der Waals surface area contributed by atoms with Gasteiger partial charge in [-0.3, -0.25) is 9.59 Å². The van der Waals surface area contributed by atoms with Crippen LogP contribution < -0.4 is 16.0 Å². The lowest BCUT2D eigenvalue weighted by atomic mass is 10.1. The van der Waals surface area contributed by atoms with Crippen LogP contribution in [0, 0.1) is 6.92 Å². The van der Waals surface area contributed by atoms with E-state index < -0.39 is 6.04 Å². The van der Waals surface area contributed by atoms with Crippen LogP contribution in [0.2, 0.25) is 5.15 Å². The third kappa shape index (κ3) is 4.58. The maximum absolute atomic E-state index is 12.9. The highest BCUT2D eigenvalue weighted by Crippen LogP contribution is 2.34. The van der Waals surface area contributed by atoms with Crippen molar-refractivity contribution < 1.29 is 9.59 Å². The molecule has 0 aliphatic carbocycles. The van der Waals surface area contributed by atoms with Gasteiger partial charge in [-0.15, -0.1) is 11.3 Å². The topological polar surface area (TPSA) is 86.4 Å². The van der Waals surface area contributed by atoms with Gasteiger partial charge in [-0.05, 0) is 55.6 Å². The fourth-order valence-corrected chi connectivity index (χ4v) is 5.03. The normalized spacial score (nSPS) is 18.5. The first-order valence-corrected chi connectivity index (χ1v) is 11.6. The van der Waals surface area contributed by atoms with Crippen molar-refractivity contribution >= 4 is 57.9 Å². The molecule has 162 valence electrons. The third-order valence-electron chi connectivity index (χ3n) is 5.42. The molecule has 2 aromatic heterocycles. The molecule has 2 aromatic rings. The molecule has 2 aliphatic heterocycles. The molecule has 3 N–H and O–H groups in total. The van der Waals surface area contributed by atoms with Gasteiger partial charge in [0.1, 0.15) is 17.0 Å². The number of halogens is 1. The van der Waals surface area contributed by atoms with Gasteiger partial charge in [0, 0.05) is 22.5 Å². The highest BCUT2D eigenvalue weighted by atomic mass is 35.5. The molecule has 2 amide bonds. The average Bonchev–Trinajstić information content (AvgIpc) is 3.21. The summed E-state index contributed by atoms with van der Waals surface area (Å²) < 4.78 is 0. The predicted octanol–water partition coefficient (Wildman–Crippen LogP) is 3.73.